The molecule has 7 heteroatoms. The number of amides is 2. The third-order valence-electron chi connectivity index (χ3n) is 5.90. The Labute approximate surface area is 213 Å². The van der Waals surface area contributed by atoms with Crippen molar-refractivity contribution < 1.29 is 14.3 Å². The van der Waals surface area contributed by atoms with Gasteiger partial charge in [-0.25, -0.2) is 4.79 Å². The smallest absolute Gasteiger partial charge is 0.415 e. The van der Waals surface area contributed by atoms with Crippen molar-refractivity contribution >= 4 is 34.7 Å². The monoisotopic (exact) mass is 486 g/mol. The molecule has 0 unspecified atom stereocenters. The molecule has 0 saturated carbocycles. The van der Waals surface area contributed by atoms with E-state index in [1.807, 2.05) is 76.3 Å². The highest BCUT2D eigenvalue weighted by molar-refractivity contribution is 5.95. The number of anilines is 4. The number of hydrogen-bond acceptors (Lipinski definition) is 5. The number of carbonyl (C=O) groups is 2. The van der Waals surface area contributed by atoms with Crippen LogP contribution in [0.3, 0.4) is 0 Å². The molecule has 0 saturated heterocycles. The minimum Gasteiger partial charge on any atom is -0.443 e. The number of benzene rings is 3. The van der Waals surface area contributed by atoms with Crippen LogP contribution in [0.15, 0.2) is 84.9 Å². The summed E-state index contributed by atoms with van der Waals surface area (Å²) in [5.74, 6) is -0.248. The summed E-state index contributed by atoms with van der Waals surface area (Å²) >= 11 is 0. The van der Waals surface area contributed by atoms with Crippen molar-refractivity contribution in [3.63, 3.8) is 0 Å². The molecule has 1 aliphatic rings. The lowest BCUT2D eigenvalue weighted by Crippen LogP contribution is -2.51. The molecule has 7 nitrogen and oxygen atoms in total. The first kappa shape index (κ1) is 25.1. The van der Waals surface area contributed by atoms with Crippen LogP contribution in [0.5, 0.6) is 0 Å². The molecule has 1 atom stereocenters. The maximum absolute atomic E-state index is 13.3. The average molecular weight is 487 g/mol. The first-order valence-corrected chi connectivity index (χ1v) is 12.2. The zero-order chi connectivity index (χ0) is 25.7. The van der Waals surface area contributed by atoms with Crippen molar-refractivity contribution in [2.75, 3.05) is 41.4 Å². The summed E-state index contributed by atoms with van der Waals surface area (Å²) < 4.78 is 5.59. The lowest BCUT2D eigenvalue weighted by atomic mass is 10.2. The fourth-order valence-electron chi connectivity index (χ4n) is 4.37. The summed E-state index contributed by atoms with van der Waals surface area (Å²) in [7, 11) is 2.03. The summed E-state index contributed by atoms with van der Waals surface area (Å²) in [5.41, 5.74) is 3.17. The Bertz CT molecular complexity index is 1180. The van der Waals surface area contributed by atoms with Gasteiger partial charge in [-0.2, -0.15) is 0 Å². The van der Waals surface area contributed by atoms with Crippen LogP contribution in [0.2, 0.25) is 0 Å². The zero-order valence-corrected chi connectivity index (χ0v) is 21.3. The van der Waals surface area contributed by atoms with E-state index in [9.17, 15) is 9.59 Å². The highest BCUT2D eigenvalue weighted by Gasteiger charge is 2.29. The summed E-state index contributed by atoms with van der Waals surface area (Å²) in [5, 5.41) is 3.17. The number of nitrogens with zero attached hydrogens (tertiary/aromatic N) is 3. The Balaban J connectivity index is 1.55. The third-order valence-corrected chi connectivity index (χ3v) is 5.90. The molecule has 36 heavy (non-hydrogen) atoms. The van der Waals surface area contributed by atoms with Gasteiger partial charge in [0.25, 0.3) is 0 Å². The van der Waals surface area contributed by atoms with Gasteiger partial charge in [0.05, 0.1) is 17.4 Å². The molecule has 3 aromatic rings. The molecular formula is C29H34N4O3. The molecule has 0 aromatic heterocycles. The van der Waals surface area contributed by atoms with Crippen LogP contribution in [-0.2, 0) is 9.53 Å². The molecule has 1 N–H and O–H groups in total. The van der Waals surface area contributed by atoms with Gasteiger partial charge in [-0.05, 0) is 57.2 Å². The van der Waals surface area contributed by atoms with Gasteiger partial charge in [0.15, 0.2) is 0 Å². The molecule has 3 aromatic carbocycles. The molecule has 188 valence electrons. The lowest BCUT2D eigenvalue weighted by Gasteiger charge is -2.29. The van der Waals surface area contributed by atoms with Crippen molar-refractivity contribution in [3.8, 4) is 0 Å². The number of ether oxygens (including phenoxy) is 1. The van der Waals surface area contributed by atoms with E-state index in [4.69, 9.17) is 4.74 Å². The minimum absolute atomic E-state index is 0.141. The number of nitrogens with one attached hydrogen (secondary N) is 1. The largest absolute Gasteiger partial charge is 0.443 e. The maximum Gasteiger partial charge on any atom is 0.415 e. The molecule has 1 heterocycles. The van der Waals surface area contributed by atoms with E-state index >= 15 is 0 Å². The first-order chi connectivity index (χ1) is 17.2. The highest BCUT2D eigenvalue weighted by atomic mass is 16.6. The van der Waals surface area contributed by atoms with Gasteiger partial charge < -0.3 is 19.9 Å². The van der Waals surface area contributed by atoms with Gasteiger partial charge in [0.1, 0.15) is 12.1 Å². The second-order valence-electron chi connectivity index (χ2n) is 9.98. The van der Waals surface area contributed by atoms with Crippen LogP contribution in [0.1, 0.15) is 20.8 Å². The molecule has 0 bridgehead atoms. The van der Waals surface area contributed by atoms with Crippen molar-refractivity contribution in [2.24, 2.45) is 0 Å². The van der Waals surface area contributed by atoms with E-state index in [0.29, 0.717) is 18.8 Å². The lowest BCUT2D eigenvalue weighted by molar-refractivity contribution is -0.120. The Morgan fingerprint density at radius 3 is 2.11 bits per heavy atom. The van der Waals surface area contributed by atoms with Crippen molar-refractivity contribution in [3.05, 3.63) is 84.9 Å². The summed E-state index contributed by atoms with van der Waals surface area (Å²) in [6, 6.07) is 27.4. The molecule has 4 rings (SSSR count). The molecular weight excluding hydrogens is 452 g/mol. The number of hydrogen-bond donors (Lipinski definition) is 1. The van der Waals surface area contributed by atoms with E-state index in [-0.39, 0.29) is 18.5 Å². The zero-order valence-electron chi connectivity index (χ0n) is 21.3. The van der Waals surface area contributed by atoms with Crippen LogP contribution in [0.25, 0.3) is 0 Å². The second-order valence-corrected chi connectivity index (χ2v) is 9.98. The van der Waals surface area contributed by atoms with Crippen LogP contribution >= 0.6 is 0 Å². The maximum atomic E-state index is 13.3. The molecule has 0 fully saturated rings. The van der Waals surface area contributed by atoms with Gasteiger partial charge in [0, 0.05) is 31.5 Å². The quantitative estimate of drug-likeness (QED) is 0.537. The predicted molar refractivity (Wildman–Crippen MR) is 145 cm³/mol. The normalized spacial score (nSPS) is 15.5. The number of para-hydroxylation sites is 4. The van der Waals surface area contributed by atoms with E-state index in [2.05, 4.69) is 39.4 Å². The van der Waals surface area contributed by atoms with E-state index in [1.54, 1.807) is 12.1 Å². The Kier molecular flexibility index (Phi) is 7.48. The Morgan fingerprint density at radius 1 is 0.889 bits per heavy atom. The van der Waals surface area contributed by atoms with Gasteiger partial charge in [-0.1, -0.05) is 48.5 Å². The number of fused-ring (bicyclic) bond motifs is 1. The molecule has 2 amide bonds. The van der Waals surface area contributed by atoms with E-state index < -0.39 is 11.7 Å². The Hall–Kier alpha value is -4.00. The average Bonchev–Trinajstić information content (AvgIpc) is 2.99. The van der Waals surface area contributed by atoms with Crippen LogP contribution in [0.4, 0.5) is 27.5 Å². The second kappa shape index (κ2) is 10.7. The van der Waals surface area contributed by atoms with Crippen molar-refractivity contribution in [2.45, 2.75) is 32.4 Å². The summed E-state index contributed by atoms with van der Waals surface area (Å²) in [4.78, 5) is 32.1. The van der Waals surface area contributed by atoms with Gasteiger partial charge in [-0.3, -0.25) is 9.69 Å². The highest BCUT2D eigenvalue weighted by Crippen LogP contribution is 2.36. The number of rotatable bonds is 5. The minimum atomic E-state index is -0.674. The van der Waals surface area contributed by atoms with E-state index in [1.165, 1.54) is 4.90 Å². The topological polar surface area (TPSA) is 65.1 Å². The molecule has 0 radical (unpaired) electrons. The van der Waals surface area contributed by atoms with E-state index in [0.717, 1.165) is 17.1 Å². The summed E-state index contributed by atoms with van der Waals surface area (Å²) in [6.07, 6.45) is -0.555. The molecule has 1 aliphatic heterocycles. The number of carbonyl (C=O) groups excluding carboxylic acids is 2. The third kappa shape index (κ3) is 6.16. The van der Waals surface area contributed by atoms with Gasteiger partial charge in [0.2, 0.25) is 5.91 Å². The van der Waals surface area contributed by atoms with Gasteiger partial charge in [-0.15, -0.1) is 0 Å². The predicted octanol–water partition coefficient (Wildman–Crippen LogP) is 5.20. The van der Waals surface area contributed by atoms with Gasteiger partial charge >= 0.3 is 6.09 Å². The molecule has 0 spiro atoms. The van der Waals surface area contributed by atoms with Crippen molar-refractivity contribution in [1.82, 2.24) is 5.32 Å². The molecule has 0 aliphatic carbocycles. The fraction of sp³-hybridized carbons (Fsp3) is 0.310. The van der Waals surface area contributed by atoms with Crippen molar-refractivity contribution in [1.29, 1.82) is 0 Å². The SMILES string of the molecule is CN1C[C@H](NC(=O)CN(C(=O)OC(C)(C)C)c2ccccc2)CN(c2ccccc2)c2ccccc21. The van der Waals surface area contributed by atoms with Crippen LogP contribution in [0, 0.1) is 0 Å². The standard InChI is InChI=1S/C29H34N4O3/c1-29(2,3)36-28(35)33(24-15-9-6-10-16-24)21-27(34)30-22-19-31(4)25-17-11-12-18-26(25)32(20-22)23-13-7-5-8-14-23/h5-18,22H,19-21H2,1-4H3,(H,30,34)/t22-/m0/s1. The first-order valence-electron chi connectivity index (χ1n) is 12.2. The Morgan fingerprint density at radius 2 is 1.47 bits per heavy atom. The van der Waals surface area contributed by atoms with Crippen LogP contribution in [-0.4, -0.2) is 50.3 Å². The van der Waals surface area contributed by atoms with Crippen LogP contribution < -0.4 is 20.0 Å². The fourth-order valence-corrected chi connectivity index (χ4v) is 4.37. The summed E-state index contributed by atoms with van der Waals surface area (Å²) in [6.45, 7) is 6.51. The number of likely N-dealkylation sites (N-methyl/N-ethyl adjacent to an activating group) is 1.